The van der Waals surface area contributed by atoms with Crippen molar-refractivity contribution in [3.05, 3.63) is 56.5 Å². The Balaban J connectivity index is 1.94. The Morgan fingerprint density at radius 2 is 1.65 bits per heavy atom. The van der Waals surface area contributed by atoms with Gasteiger partial charge in [0, 0.05) is 5.02 Å². The molecule has 0 atom stereocenters. The van der Waals surface area contributed by atoms with Crippen molar-refractivity contribution in [3.63, 3.8) is 0 Å². The van der Waals surface area contributed by atoms with Gasteiger partial charge in [0.15, 0.2) is 0 Å². The number of rotatable bonds is 2. The van der Waals surface area contributed by atoms with Gasteiger partial charge in [0.25, 0.3) is 5.91 Å². The van der Waals surface area contributed by atoms with Crippen molar-refractivity contribution in [2.75, 3.05) is 5.01 Å². The summed E-state index contributed by atoms with van der Waals surface area (Å²) in [5, 5.41) is 2.68. The second-order valence-corrected chi connectivity index (χ2v) is 6.40. The number of carbonyl (C=O) groups excluding carboxylic acids is 1. The van der Waals surface area contributed by atoms with Gasteiger partial charge in [-0.2, -0.15) is 0 Å². The van der Waals surface area contributed by atoms with E-state index in [1.807, 2.05) is 6.07 Å². The molecule has 1 aliphatic rings. The van der Waals surface area contributed by atoms with E-state index < -0.39 is 0 Å². The maximum absolute atomic E-state index is 12.2. The van der Waals surface area contributed by atoms with Crippen LogP contribution in [0.2, 0.25) is 20.1 Å². The van der Waals surface area contributed by atoms with Crippen LogP contribution < -0.4 is 10.4 Å². The minimum absolute atomic E-state index is 0.0838. The second-order valence-electron chi connectivity index (χ2n) is 4.75. The van der Waals surface area contributed by atoms with Crippen LogP contribution in [-0.4, -0.2) is 11.7 Å². The lowest BCUT2D eigenvalue weighted by Gasteiger charge is -2.19. The monoisotopic (exact) mass is 387 g/mol. The first kappa shape index (κ1) is 16.4. The van der Waals surface area contributed by atoms with Crippen LogP contribution in [0.15, 0.2) is 41.4 Å². The molecule has 0 aliphatic carbocycles. The lowest BCUT2D eigenvalue weighted by Crippen LogP contribution is -2.36. The maximum Gasteiger partial charge on any atom is 0.253 e. The van der Waals surface area contributed by atoms with E-state index in [-0.39, 0.29) is 22.4 Å². The zero-order valence-corrected chi connectivity index (χ0v) is 14.5. The van der Waals surface area contributed by atoms with E-state index in [0.717, 1.165) is 0 Å². The molecule has 1 aliphatic heterocycles. The van der Waals surface area contributed by atoms with Crippen molar-refractivity contribution in [2.45, 2.75) is 6.42 Å². The average Bonchev–Trinajstić information content (AvgIpc) is 2.81. The number of anilines is 1. The van der Waals surface area contributed by atoms with Crippen molar-refractivity contribution >= 4 is 69.5 Å². The van der Waals surface area contributed by atoms with Crippen molar-refractivity contribution in [2.24, 2.45) is 4.99 Å². The van der Waals surface area contributed by atoms with Crippen LogP contribution in [0, 0.1) is 0 Å². The Kier molecular flexibility index (Phi) is 4.69. The quantitative estimate of drug-likeness (QED) is 0.761. The summed E-state index contributed by atoms with van der Waals surface area (Å²) in [4.78, 5) is 16.6. The van der Waals surface area contributed by atoms with Gasteiger partial charge >= 0.3 is 0 Å². The number of halogens is 4. The van der Waals surface area contributed by atoms with Gasteiger partial charge in [0.2, 0.25) is 0 Å². The van der Waals surface area contributed by atoms with E-state index in [1.165, 1.54) is 17.1 Å². The van der Waals surface area contributed by atoms with Crippen molar-refractivity contribution in [1.29, 1.82) is 0 Å². The third kappa shape index (κ3) is 3.40. The molecule has 2 aromatic carbocycles. The van der Waals surface area contributed by atoms with Crippen LogP contribution >= 0.6 is 46.4 Å². The van der Waals surface area contributed by atoms with Gasteiger partial charge in [0.05, 0.1) is 27.2 Å². The molecule has 0 radical (unpaired) electrons. The number of hydrogen-bond acceptors (Lipinski definition) is 2. The van der Waals surface area contributed by atoms with Gasteiger partial charge in [0.1, 0.15) is 11.5 Å². The smallest absolute Gasteiger partial charge is 0.253 e. The third-order valence-corrected chi connectivity index (χ3v) is 4.24. The van der Waals surface area contributed by atoms with Crippen LogP contribution in [0.4, 0.5) is 11.4 Å². The van der Waals surface area contributed by atoms with Gasteiger partial charge in [-0.1, -0.05) is 58.5 Å². The van der Waals surface area contributed by atoms with Crippen LogP contribution in [0.3, 0.4) is 0 Å². The number of amides is 1. The molecule has 3 rings (SSSR count). The summed E-state index contributed by atoms with van der Waals surface area (Å²) < 4.78 is 0. The van der Waals surface area contributed by atoms with E-state index in [0.29, 0.717) is 27.3 Å². The Labute approximate surface area is 152 Å². The predicted octanol–water partition coefficient (Wildman–Crippen LogP) is 5.27. The van der Waals surface area contributed by atoms with Crippen molar-refractivity contribution in [3.8, 4) is 0 Å². The average molecular weight is 389 g/mol. The van der Waals surface area contributed by atoms with Gasteiger partial charge in [-0.25, -0.2) is 10.0 Å². The molecule has 1 N–H and O–H groups in total. The number of amidine groups is 1. The molecule has 0 bridgehead atoms. The molecular weight excluding hydrogens is 380 g/mol. The Morgan fingerprint density at radius 1 is 1.00 bits per heavy atom. The van der Waals surface area contributed by atoms with Crippen molar-refractivity contribution < 1.29 is 4.79 Å². The van der Waals surface area contributed by atoms with Crippen molar-refractivity contribution in [1.82, 2.24) is 5.43 Å². The van der Waals surface area contributed by atoms with Crippen LogP contribution in [-0.2, 0) is 4.79 Å². The molecule has 2 aromatic rings. The molecule has 0 aromatic heterocycles. The summed E-state index contributed by atoms with van der Waals surface area (Å²) in [6.07, 6.45) is 0.0838. The molecule has 1 saturated heterocycles. The number of hydrazine groups is 1. The number of hydrogen-bond donors (Lipinski definition) is 1. The summed E-state index contributed by atoms with van der Waals surface area (Å²) in [6, 6.07) is 10.1. The molecule has 23 heavy (non-hydrogen) atoms. The first-order chi connectivity index (χ1) is 11.0. The van der Waals surface area contributed by atoms with Crippen LogP contribution in [0.25, 0.3) is 0 Å². The van der Waals surface area contributed by atoms with Crippen LogP contribution in [0.1, 0.15) is 6.42 Å². The summed E-state index contributed by atoms with van der Waals surface area (Å²) in [6.45, 7) is 0. The molecule has 4 nitrogen and oxygen atoms in total. The highest BCUT2D eigenvalue weighted by Gasteiger charge is 2.30. The zero-order chi connectivity index (χ0) is 16.6. The summed E-state index contributed by atoms with van der Waals surface area (Å²) >= 11 is 24.3. The number of nitrogens with one attached hydrogen (secondary N) is 1. The number of benzene rings is 2. The Hall–Kier alpha value is -1.46. The first-order valence-electron chi connectivity index (χ1n) is 6.52. The highest BCUT2D eigenvalue weighted by Crippen LogP contribution is 2.37. The Bertz CT molecular complexity index is 799. The minimum atomic E-state index is -0.234. The summed E-state index contributed by atoms with van der Waals surface area (Å²) in [5.41, 5.74) is 3.81. The topological polar surface area (TPSA) is 44.7 Å². The second kappa shape index (κ2) is 6.57. The molecule has 1 fully saturated rings. The minimum Gasteiger partial charge on any atom is -0.277 e. The van der Waals surface area contributed by atoms with E-state index in [1.54, 1.807) is 18.2 Å². The molecule has 118 valence electrons. The molecule has 0 saturated carbocycles. The number of carbonyl (C=O) groups is 1. The van der Waals surface area contributed by atoms with Gasteiger partial charge in [-0.05, 0) is 24.3 Å². The third-order valence-electron chi connectivity index (χ3n) is 3.12. The van der Waals surface area contributed by atoms with E-state index in [9.17, 15) is 4.79 Å². The fraction of sp³-hybridized carbons (Fsp3) is 0.0667. The first-order valence-corrected chi connectivity index (χ1v) is 8.03. The molecule has 8 heteroatoms. The van der Waals surface area contributed by atoms with Gasteiger partial charge < -0.3 is 0 Å². The zero-order valence-electron chi connectivity index (χ0n) is 11.5. The summed E-state index contributed by atoms with van der Waals surface area (Å²) in [7, 11) is 0. The SMILES string of the molecule is O=C1CC(=Nc2ccccc2Cl)NN1c1c(Cl)cc(Cl)cc1Cl. The molecule has 0 unspecified atom stereocenters. The standard InChI is InChI=1S/C15H9Cl4N3O/c16-8-5-10(18)15(11(19)6-8)22-14(23)7-13(21-22)20-12-4-2-1-3-9(12)17/h1-6H,7H2,(H,20,21). The molecule has 1 heterocycles. The van der Waals surface area contributed by atoms with Gasteiger partial charge in [-0.15, -0.1) is 0 Å². The maximum atomic E-state index is 12.2. The lowest BCUT2D eigenvalue weighted by atomic mass is 10.3. The summed E-state index contributed by atoms with van der Waals surface area (Å²) in [5.74, 6) is 0.215. The van der Waals surface area contributed by atoms with E-state index >= 15 is 0 Å². The van der Waals surface area contributed by atoms with Gasteiger partial charge in [-0.3, -0.25) is 10.2 Å². The fourth-order valence-corrected chi connectivity index (χ4v) is 3.30. The number of aliphatic imine (C=N–C) groups is 1. The molecule has 1 amide bonds. The highest BCUT2D eigenvalue weighted by molar-refractivity contribution is 6.42. The van der Waals surface area contributed by atoms with E-state index in [4.69, 9.17) is 46.4 Å². The largest absolute Gasteiger partial charge is 0.277 e. The molecule has 0 spiro atoms. The number of nitrogens with zero attached hydrogens (tertiary/aromatic N) is 2. The van der Waals surface area contributed by atoms with E-state index in [2.05, 4.69) is 10.4 Å². The normalized spacial score (nSPS) is 16.1. The lowest BCUT2D eigenvalue weighted by molar-refractivity contribution is -0.116. The van der Waals surface area contributed by atoms with Crippen LogP contribution in [0.5, 0.6) is 0 Å². The number of para-hydroxylation sites is 1. The Morgan fingerprint density at radius 3 is 2.30 bits per heavy atom. The predicted molar refractivity (Wildman–Crippen MR) is 95.3 cm³/mol. The molecular formula is C15H9Cl4N3O. The fourth-order valence-electron chi connectivity index (χ4n) is 2.13. The highest BCUT2D eigenvalue weighted by atomic mass is 35.5.